The summed E-state index contributed by atoms with van der Waals surface area (Å²) >= 11 is 1.92. The summed E-state index contributed by atoms with van der Waals surface area (Å²) in [6, 6.07) is 0. The molecule has 0 radical (unpaired) electrons. The van der Waals surface area contributed by atoms with Crippen LogP contribution < -0.4 is 0 Å². The molecule has 1 nitrogen and oxygen atoms in total. The molecule has 1 saturated heterocycles. The van der Waals surface area contributed by atoms with E-state index in [4.69, 9.17) is 0 Å². The smallest absolute Gasteiger partial charge is 0.0773 e. The van der Waals surface area contributed by atoms with Crippen LogP contribution in [0.1, 0.15) is 46.5 Å². The van der Waals surface area contributed by atoms with Gasteiger partial charge in [0, 0.05) is 5.25 Å². The van der Waals surface area contributed by atoms with Gasteiger partial charge in [0.25, 0.3) is 0 Å². The summed E-state index contributed by atoms with van der Waals surface area (Å²) in [6.45, 7) is 6.62. The van der Waals surface area contributed by atoms with Crippen LogP contribution in [0.3, 0.4) is 0 Å². The third-order valence-corrected chi connectivity index (χ3v) is 4.83. The van der Waals surface area contributed by atoms with E-state index in [1.807, 2.05) is 11.8 Å². The summed E-state index contributed by atoms with van der Waals surface area (Å²) in [5.74, 6) is 1.85. The minimum absolute atomic E-state index is 0.360. The van der Waals surface area contributed by atoms with Gasteiger partial charge in [0.15, 0.2) is 0 Å². The Morgan fingerprint density at radius 1 is 1.46 bits per heavy atom. The number of aliphatic hydroxyl groups is 1. The van der Waals surface area contributed by atoms with Gasteiger partial charge in [-0.2, -0.15) is 11.8 Å². The largest absolute Gasteiger partial charge is 0.389 e. The molecule has 1 heterocycles. The Bertz CT molecular complexity index is 156. The third-order valence-electron chi connectivity index (χ3n) is 3.46. The maximum Gasteiger partial charge on any atom is 0.0773 e. The SMILES string of the molecule is CCC(CC)CC1(O)CCSC1C. The van der Waals surface area contributed by atoms with Gasteiger partial charge in [-0.15, -0.1) is 0 Å². The molecule has 0 saturated carbocycles. The summed E-state index contributed by atoms with van der Waals surface area (Å²) in [7, 11) is 0. The van der Waals surface area contributed by atoms with Crippen molar-refractivity contribution < 1.29 is 5.11 Å². The number of hydrogen-bond donors (Lipinski definition) is 1. The van der Waals surface area contributed by atoms with Gasteiger partial charge in [0.05, 0.1) is 5.60 Å². The second-order valence-electron chi connectivity index (χ2n) is 4.25. The fourth-order valence-electron chi connectivity index (χ4n) is 2.12. The minimum Gasteiger partial charge on any atom is -0.389 e. The van der Waals surface area contributed by atoms with Crippen molar-refractivity contribution in [1.29, 1.82) is 0 Å². The van der Waals surface area contributed by atoms with E-state index in [0.717, 1.165) is 18.6 Å². The first kappa shape index (κ1) is 11.4. The molecular formula is C11H22OS. The molecule has 1 aliphatic heterocycles. The number of thioether (sulfide) groups is 1. The number of hydrogen-bond acceptors (Lipinski definition) is 2. The highest BCUT2D eigenvalue weighted by Gasteiger charge is 2.39. The van der Waals surface area contributed by atoms with Crippen LogP contribution >= 0.6 is 11.8 Å². The third kappa shape index (κ3) is 2.63. The van der Waals surface area contributed by atoms with E-state index in [2.05, 4.69) is 20.8 Å². The van der Waals surface area contributed by atoms with Crippen molar-refractivity contribution in [3.63, 3.8) is 0 Å². The van der Waals surface area contributed by atoms with Crippen LogP contribution in [-0.4, -0.2) is 21.7 Å². The molecule has 0 amide bonds. The van der Waals surface area contributed by atoms with Crippen LogP contribution in [-0.2, 0) is 0 Å². The molecule has 0 aromatic heterocycles. The molecule has 0 aliphatic carbocycles. The Morgan fingerprint density at radius 3 is 2.46 bits per heavy atom. The second-order valence-corrected chi connectivity index (χ2v) is 5.70. The fraction of sp³-hybridized carbons (Fsp3) is 1.00. The molecular weight excluding hydrogens is 180 g/mol. The maximum atomic E-state index is 10.4. The van der Waals surface area contributed by atoms with Crippen molar-refractivity contribution in [2.45, 2.75) is 57.3 Å². The van der Waals surface area contributed by atoms with Crippen LogP contribution in [0.4, 0.5) is 0 Å². The molecule has 2 heteroatoms. The Balaban J connectivity index is 2.49. The maximum absolute atomic E-state index is 10.4. The van der Waals surface area contributed by atoms with E-state index in [9.17, 15) is 5.11 Å². The lowest BCUT2D eigenvalue weighted by atomic mass is 9.84. The van der Waals surface area contributed by atoms with Crippen LogP contribution in [0, 0.1) is 5.92 Å². The zero-order valence-corrected chi connectivity index (χ0v) is 9.86. The topological polar surface area (TPSA) is 20.2 Å². The van der Waals surface area contributed by atoms with Gasteiger partial charge >= 0.3 is 0 Å². The number of rotatable bonds is 4. The van der Waals surface area contributed by atoms with Gasteiger partial charge in [-0.25, -0.2) is 0 Å². The van der Waals surface area contributed by atoms with Crippen molar-refractivity contribution in [2.24, 2.45) is 5.92 Å². The second kappa shape index (κ2) is 4.70. The molecule has 2 unspecified atom stereocenters. The van der Waals surface area contributed by atoms with E-state index in [1.165, 1.54) is 12.8 Å². The minimum atomic E-state index is -0.360. The Hall–Kier alpha value is 0.310. The molecule has 0 spiro atoms. The zero-order chi connectivity index (χ0) is 9.90. The fourth-order valence-corrected chi connectivity index (χ4v) is 3.47. The molecule has 1 aliphatic rings. The van der Waals surface area contributed by atoms with Crippen LogP contribution in [0.25, 0.3) is 0 Å². The van der Waals surface area contributed by atoms with E-state index >= 15 is 0 Å². The Morgan fingerprint density at radius 2 is 2.08 bits per heavy atom. The first-order chi connectivity index (χ1) is 6.12. The van der Waals surface area contributed by atoms with Crippen LogP contribution in [0.5, 0.6) is 0 Å². The van der Waals surface area contributed by atoms with Crippen molar-refractivity contribution in [1.82, 2.24) is 0 Å². The van der Waals surface area contributed by atoms with Gasteiger partial charge in [0.2, 0.25) is 0 Å². The summed E-state index contributed by atoms with van der Waals surface area (Å²) in [6.07, 6.45) is 4.41. The monoisotopic (exact) mass is 202 g/mol. The summed E-state index contributed by atoms with van der Waals surface area (Å²) < 4.78 is 0. The molecule has 2 atom stereocenters. The van der Waals surface area contributed by atoms with Gasteiger partial charge in [-0.1, -0.05) is 33.6 Å². The zero-order valence-electron chi connectivity index (χ0n) is 9.05. The molecule has 0 bridgehead atoms. The Labute approximate surface area is 86.3 Å². The first-order valence-electron chi connectivity index (χ1n) is 5.46. The predicted octanol–water partition coefficient (Wildman–Crippen LogP) is 3.07. The average Bonchev–Trinajstić information content (AvgIpc) is 2.44. The lowest BCUT2D eigenvalue weighted by Crippen LogP contribution is -2.36. The average molecular weight is 202 g/mol. The van der Waals surface area contributed by atoms with E-state index in [1.54, 1.807) is 0 Å². The lowest BCUT2D eigenvalue weighted by Gasteiger charge is -2.30. The highest BCUT2D eigenvalue weighted by Crippen LogP contribution is 2.40. The van der Waals surface area contributed by atoms with E-state index < -0.39 is 0 Å². The normalized spacial score (nSPS) is 34.4. The van der Waals surface area contributed by atoms with Crippen LogP contribution in [0.2, 0.25) is 0 Å². The van der Waals surface area contributed by atoms with Crippen molar-refractivity contribution in [2.75, 3.05) is 5.75 Å². The molecule has 1 rings (SSSR count). The van der Waals surface area contributed by atoms with Gasteiger partial charge in [-0.05, 0) is 24.5 Å². The molecule has 13 heavy (non-hydrogen) atoms. The molecule has 1 fully saturated rings. The van der Waals surface area contributed by atoms with Crippen molar-refractivity contribution >= 4 is 11.8 Å². The first-order valence-corrected chi connectivity index (χ1v) is 6.51. The van der Waals surface area contributed by atoms with Gasteiger partial charge in [0.1, 0.15) is 0 Å². The highest BCUT2D eigenvalue weighted by atomic mass is 32.2. The van der Waals surface area contributed by atoms with Crippen LogP contribution in [0.15, 0.2) is 0 Å². The summed E-state index contributed by atoms with van der Waals surface area (Å²) in [4.78, 5) is 0. The lowest BCUT2D eigenvalue weighted by molar-refractivity contribution is 0.0195. The highest BCUT2D eigenvalue weighted by molar-refractivity contribution is 8.00. The summed E-state index contributed by atoms with van der Waals surface area (Å²) in [5, 5.41) is 10.8. The predicted molar refractivity (Wildman–Crippen MR) is 60.2 cm³/mol. The van der Waals surface area contributed by atoms with Crippen molar-refractivity contribution in [3.8, 4) is 0 Å². The Kier molecular flexibility index (Phi) is 4.11. The molecule has 1 N–H and O–H groups in total. The van der Waals surface area contributed by atoms with Crippen molar-refractivity contribution in [3.05, 3.63) is 0 Å². The molecule has 78 valence electrons. The summed E-state index contributed by atoms with van der Waals surface area (Å²) in [5.41, 5.74) is -0.360. The van der Waals surface area contributed by atoms with Gasteiger partial charge in [-0.3, -0.25) is 0 Å². The van der Waals surface area contributed by atoms with Gasteiger partial charge < -0.3 is 5.11 Å². The quantitative estimate of drug-likeness (QED) is 0.756. The molecule has 0 aromatic carbocycles. The molecule has 0 aromatic rings. The standard InChI is InChI=1S/C11H22OS/c1-4-10(5-2)8-11(12)6-7-13-9(11)3/h9-10,12H,4-8H2,1-3H3. The van der Waals surface area contributed by atoms with E-state index in [-0.39, 0.29) is 5.60 Å². The van der Waals surface area contributed by atoms with E-state index in [0.29, 0.717) is 11.2 Å².